The maximum Gasteiger partial charge on any atom is 0.219 e. The molecule has 0 amide bonds. The van der Waals surface area contributed by atoms with Gasteiger partial charge in [-0.2, -0.15) is 9.78 Å². The fraction of sp³-hybridized carbons (Fsp3) is 0.263. The Kier molecular flexibility index (Phi) is 6.27. The van der Waals surface area contributed by atoms with Gasteiger partial charge in [-0.05, 0) is 49.1 Å². The van der Waals surface area contributed by atoms with E-state index in [9.17, 15) is 5.11 Å². The average Bonchev–Trinajstić information content (AvgIpc) is 3.00. The Balaban J connectivity index is 0.00000210. The third-order valence-corrected chi connectivity index (χ3v) is 5.40. The molecule has 5 nitrogen and oxygen atoms in total. The van der Waals surface area contributed by atoms with E-state index in [2.05, 4.69) is 15.4 Å². The van der Waals surface area contributed by atoms with E-state index in [4.69, 9.17) is 23.2 Å². The van der Waals surface area contributed by atoms with Crippen molar-refractivity contribution in [3.05, 3.63) is 69.5 Å². The van der Waals surface area contributed by atoms with Gasteiger partial charge in [0.05, 0.1) is 15.7 Å². The second kappa shape index (κ2) is 8.48. The normalized spacial score (nSPS) is 15.9. The molecule has 1 unspecified atom stereocenters. The van der Waals surface area contributed by atoms with Gasteiger partial charge in [0.1, 0.15) is 0 Å². The Morgan fingerprint density at radius 3 is 2.78 bits per heavy atom. The molecule has 2 heterocycles. The molecular weight excluding hydrogens is 407 g/mol. The molecule has 0 bridgehead atoms. The highest BCUT2D eigenvalue weighted by Crippen LogP contribution is 2.30. The molecule has 3 aromatic rings. The minimum Gasteiger partial charge on any atom is -0.493 e. The molecule has 0 radical (unpaired) electrons. The van der Waals surface area contributed by atoms with Gasteiger partial charge in [-0.25, -0.2) is 4.98 Å². The maximum atomic E-state index is 10.6. The van der Waals surface area contributed by atoms with Crippen LogP contribution < -0.4 is 5.32 Å². The molecule has 0 saturated heterocycles. The second-order valence-corrected chi connectivity index (χ2v) is 7.23. The van der Waals surface area contributed by atoms with Crippen molar-refractivity contribution in [3.8, 4) is 11.7 Å². The van der Waals surface area contributed by atoms with Crippen molar-refractivity contribution in [2.45, 2.75) is 31.8 Å². The molecule has 1 aromatic carbocycles. The Labute approximate surface area is 173 Å². The van der Waals surface area contributed by atoms with Crippen LogP contribution in [0, 0.1) is 0 Å². The van der Waals surface area contributed by atoms with Crippen LogP contribution in [0.1, 0.15) is 23.2 Å². The van der Waals surface area contributed by atoms with Gasteiger partial charge >= 0.3 is 0 Å². The largest absolute Gasteiger partial charge is 0.493 e. The molecule has 27 heavy (non-hydrogen) atoms. The van der Waals surface area contributed by atoms with Gasteiger partial charge in [-0.15, -0.1) is 12.4 Å². The van der Waals surface area contributed by atoms with Crippen LogP contribution in [-0.4, -0.2) is 25.9 Å². The van der Waals surface area contributed by atoms with E-state index >= 15 is 0 Å². The molecule has 0 fully saturated rings. The number of rotatable bonds is 4. The standard InChI is InChI=1S/C19H18Cl2N4O.ClH/c20-15-6-4-12(9-16(15)21)11-23-13-5-7-17-14(10-13)19(26)25(24-17)18-3-1-2-8-22-18;/h1-4,6,8-9,13,23,26H,5,7,10-11H2;1H. The Hall–Kier alpha value is -1.79. The maximum absolute atomic E-state index is 10.6. The van der Waals surface area contributed by atoms with Crippen LogP contribution in [-0.2, 0) is 19.4 Å². The third kappa shape index (κ3) is 4.22. The smallest absolute Gasteiger partial charge is 0.219 e. The number of aromatic nitrogens is 3. The summed E-state index contributed by atoms with van der Waals surface area (Å²) in [7, 11) is 0. The highest BCUT2D eigenvalue weighted by Gasteiger charge is 2.26. The first-order valence-corrected chi connectivity index (χ1v) is 9.26. The number of pyridine rings is 1. The van der Waals surface area contributed by atoms with Gasteiger partial charge < -0.3 is 10.4 Å². The first kappa shape index (κ1) is 20.0. The SMILES string of the molecule is Cl.Oc1c2c(nn1-c1ccccn1)CCC(NCc1ccc(Cl)c(Cl)c1)C2. The summed E-state index contributed by atoms with van der Waals surface area (Å²) in [6.07, 6.45) is 4.21. The Morgan fingerprint density at radius 2 is 2.04 bits per heavy atom. The van der Waals surface area contributed by atoms with Crippen LogP contribution in [0.25, 0.3) is 5.82 Å². The van der Waals surface area contributed by atoms with Crippen molar-refractivity contribution in [2.24, 2.45) is 0 Å². The van der Waals surface area contributed by atoms with E-state index in [0.29, 0.717) is 22.4 Å². The van der Waals surface area contributed by atoms with E-state index < -0.39 is 0 Å². The van der Waals surface area contributed by atoms with Gasteiger partial charge in [-0.3, -0.25) is 0 Å². The zero-order valence-electron chi connectivity index (χ0n) is 14.4. The van der Waals surface area contributed by atoms with Gasteiger partial charge in [0.25, 0.3) is 0 Å². The van der Waals surface area contributed by atoms with E-state index in [1.54, 1.807) is 6.20 Å². The molecule has 8 heteroatoms. The fourth-order valence-corrected chi connectivity index (χ4v) is 3.60. The summed E-state index contributed by atoms with van der Waals surface area (Å²) in [5.41, 5.74) is 2.92. The summed E-state index contributed by atoms with van der Waals surface area (Å²) >= 11 is 12.0. The van der Waals surface area contributed by atoms with Gasteiger partial charge in [0.15, 0.2) is 5.82 Å². The Morgan fingerprint density at radius 1 is 1.19 bits per heavy atom. The number of halogens is 3. The zero-order valence-corrected chi connectivity index (χ0v) is 16.7. The van der Waals surface area contributed by atoms with Crippen LogP contribution >= 0.6 is 35.6 Å². The van der Waals surface area contributed by atoms with E-state index in [1.807, 2.05) is 36.4 Å². The molecule has 2 N–H and O–H groups in total. The van der Waals surface area contributed by atoms with Gasteiger partial charge in [-0.1, -0.05) is 35.3 Å². The molecule has 1 aliphatic rings. The Bertz CT molecular complexity index is 930. The summed E-state index contributed by atoms with van der Waals surface area (Å²) in [5.74, 6) is 0.805. The molecule has 0 saturated carbocycles. The molecule has 1 aliphatic carbocycles. The average molecular weight is 426 g/mol. The van der Waals surface area contributed by atoms with Gasteiger partial charge in [0.2, 0.25) is 5.88 Å². The van der Waals surface area contributed by atoms with Crippen molar-refractivity contribution >= 4 is 35.6 Å². The number of nitrogens with one attached hydrogen (secondary N) is 1. The summed E-state index contributed by atoms with van der Waals surface area (Å²) in [6.45, 7) is 0.700. The van der Waals surface area contributed by atoms with E-state index in [1.165, 1.54) is 4.68 Å². The van der Waals surface area contributed by atoms with Crippen molar-refractivity contribution < 1.29 is 5.11 Å². The van der Waals surface area contributed by atoms with Crippen molar-refractivity contribution in [1.82, 2.24) is 20.1 Å². The van der Waals surface area contributed by atoms with Gasteiger partial charge in [0, 0.05) is 24.3 Å². The number of hydrogen-bond acceptors (Lipinski definition) is 4. The highest BCUT2D eigenvalue weighted by molar-refractivity contribution is 6.42. The predicted molar refractivity (Wildman–Crippen MR) is 109 cm³/mol. The summed E-state index contributed by atoms with van der Waals surface area (Å²) in [6, 6.07) is 11.5. The number of benzene rings is 1. The number of hydrogen-bond donors (Lipinski definition) is 2. The van der Waals surface area contributed by atoms with Crippen LogP contribution in [0.3, 0.4) is 0 Å². The summed E-state index contributed by atoms with van der Waals surface area (Å²) in [4.78, 5) is 4.27. The van der Waals surface area contributed by atoms with Crippen molar-refractivity contribution in [2.75, 3.05) is 0 Å². The quantitative estimate of drug-likeness (QED) is 0.652. The number of fused-ring (bicyclic) bond motifs is 1. The number of aromatic hydroxyl groups is 1. The second-order valence-electron chi connectivity index (χ2n) is 6.42. The number of aryl methyl sites for hydroxylation is 1. The predicted octanol–water partition coefficient (Wildman–Crippen LogP) is 4.35. The molecule has 142 valence electrons. The van der Waals surface area contributed by atoms with Crippen LogP contribution in [0.15, 0.2) is 42.6 Å². The lowest BCUT2D eigenvalue weighted by atomic mass is 9.93. The first-order valence-electron chi connectivity index (χ1n) is 8.50. The first-order chi connectivity index (χ1) is 12.6. The topological polar surface area (TPSA) is 63.0 Å². The van der Waals surface area contributed by atoms with Crippen molar-refractivity contribution in [1.29, 1.82) is 0 Å². The molecule has 1 atom stereocenters. The third-order valence-electron chi connectivity index (χ3n) is 4.66. The molecule has 0 aliphatic heterocycles. The van der Waals surface area contributed by atoms with Crippen LogP contribution in [0.4, 0.5) is 0 Å². The molecule has 2 aromatic heterocycles. The lowest BCUT2D eigenvalue weighted by molar-refractivity contribution is 0.412. The van der Waals surface area contributed by atoms with Crippen molar-refractivity contribution in [3.63, 3.8) is 0 Å². The lowest BCUT2D eigenvalue weighted by Gasteiger charge is -2.22. The minimum atomic E-state index is 0. The van der Waals surface area contributed by atoms with Crippen LogP contribution in [0.5, 0.6) is 5.88 Å². The van der Waals surface area contributed by atoms with E-state index in [0.717, 1.165) is 36.1 Å². The lowest BCUT2D eigenvalue weighted by Crippen LogP contribution is -2.33. The van der Waals surface area contributed by atoms with Crippen LogP contribution in [0.2, 0.25) is 10.0 Å². The van der Waals surface area contributed by atoms with E-state index in [-0.39, 0.29) is 24.3 Å². The fourth-order valence-electron chi connectivity index (χ4n) is 3.28. The summed E-state index contributed by atoms with van der Waals surface area (Å²) < 4.78 is 1.52. The monoisotopic (exact) mass is 424 g/mol. The molecule has 4 rings (SSSR count). The summed E-state index contributed by atoms with van der Waals surface area (Å²) in [5, 5.41) is 19.8. The highest BCUT2D eigenvalue weighted by atomic mass is 35.5. The molecule has 0 spiro atoms. The number of nitrogens with zero attached hydrogens (tertiary/aromatic N) is 3. The minimum absolute atomic E-state index is 0. The molecular formula is C19H19Cl3N4O. The zero-order chi connectivity index (χ0) is 18.1.